The van der Waals surface area contributed by atoms with E-state index in [2.05, 4.69) is 10.1 Å². The number of hydrogen-bond donors (Lipinski definition) is 1. The molecule has 0 aromatic carbocycles. The van der Waals surface area contributed by atoms with E-state index in [1.165, 1.54) is 4.68 Å². The van der Waals surface area contributed by atoms with Gasteiger partial charge in [-0.2, -0.15) is 5.10 Å². The van der Waals surface area contributed by atoms with Crippen LogP contribution in [0.5, 0.6) is 0 Å². The predicted octanol–water partition coefficient (Wildman–Crippen LogP) is 1.59. The van der Waals surface area contributed by atoms with Crippen molar-refractivity contribution in [1.29, 1.82) is 0 Å². The topological polar surface area (TPSA) is 68.0 Å². The van der Waals surface area contributed by atoms with Gasteiger partial charge >= 0.3 is 5.97 Å². The largest absolute Gasteiger partial charge is 0.480 e. The molecule has 2 aromatic rings. The van der Waals surface area contributed by atoms with Gasteiger partial charge < -0.3 is 5.11 Å². The quantitative estimate of drug-likeness (QED) is 0.847. The number of hydrogen-bond acceptors (Lipinski definition) is 3. The number of carbonyl (C=O) groups is 1. The highest BCUT2D eigenvalue weighted by Crippen LogP contribution is 2.16. The van der Waals surface area contributed by atoms with E-state index in [4.69, 9.17) is 5.11 Å². The van der Waals surface area contributed by atoms with E-state index in [1.54, 1.807) is 25.5 Å². The molecule has 0 aliphatic heterocycles. The Morgan fingerprint density at radius 2 is 2.31 bits per heavy atom. The highest BCUT2D eigenvalue weighted by Gasteiger charge is 2.14. The molecule has 82 valence electrons. The van der Waals surface area contributed by atoms with E-state index in [0.717, 1.165) is 11.3 Å². The van der Waals surface area contributed by atoms with Gasteiger partial charge in [0.25, 0.3) is 0 Å². The van der Waals surface area contributed by atoms with Gasteiger partial charge in [0.05, 0.1) is 11.9 Å². The van der Waals surface area contributed by atoms with Crippen molar-refractivity contribution >= 4 is 5.97 Å². The molecule has 1 atom stereocenters. The van der Waals surface area contributed by atoms with Crippen molar-refractivity contribution in [2.45, 2.75) is 13.0 Å². The van der Waals surface area contributed by atoms with Crippen molar-refractivity contribution in [3.8, 4) is 11.3 Å². The van der Waals surface area contributed by atoms with Gasteiger partial charge in [0.15, 0.2) is 0 Å². The average molecular weight is 217 g/mol. The molecule has 0 amide bonds. The summed E-state index contributed by atoms with van der Waals surface area (Å²) in [5.74, 6) is -0.907. The third kappa shape index (κ3) is 1.93. The molecule has 0 saturated carbocycles. The van der Waals surface area contributed by atoms with Crippen LogP contribution in [-0.4, -0.2) is 25.8 Å². The lowest BCUT2D eigenvalue weighted by Crippen LogP contribution is -2.15. The first-order valence-corrected chi connectivity index (χ1v) is 4.87. The average Bonchev–Trinajstić information content (AvgIpc) is 2.78. The summed E-state index contributed by atoms with van der Waals surface area (Å²) in [6, 6.07) is 4.89. The lowest BCUT2D eigenvalue weighted by atomic mass is 10.2. The zero-order valence-electron chi connectivity index (χ0n) is 8.74. The van der Waals surface area contributed by atoms with Gasteiger partial charge in [-0.15, -0.1) is 0 Å². The highest BCUT2D eigenvalue weighted by molar-refractivity contribution is 5.71. The SMILES string of the molecule is C[C@H](C(=O)O)n1cc(-c2ccccn2)cn1. The summed E-state index contributed by atoms with van der Waals surface area (Å²) in [4.78, 5) is 14.9. The van der Waals surface area contributed by atoms with Crippen molar-refractivity contribution in [2.24, 2.45) is 0 Å². The van der Waals surface area contributed by atoms with Crippen LogP contribution in [-0.2, 0) is 4.79 Å². The summed E-state index contributed by atoms with van der Waals surface area (Å²) in [7, 11) is 0. The first kappa shape index (κ1) is 10.4. The maximum atomic E-state index is 10.8. The number of aliphatic carboxylic acids is 1. The molecular formula is C11H11N3O2. The number of pyridine rings is 1. The summed E-state index contributed by atoms with van der Waals surface area (Å²) < 4.78 is 1.41. The van der Waals surface area contributed by atoms with E-state index >= 15 is 0 Å². The first-order chi connectivity index (χ1) is 7.68. The molecule has 0 aliphatic carbocycles. The lowest BCUT2D eigenvalue weighted by molar-refractivity contribution is -0.140. The smallest absolute Gasteiger partial charge is 0.328 e. The van der Waals surface area contributed by atoms with Gasteiger partial charge in [-0.05, 0) is 19.1 Å². The summed E-state index contributed by atoms with van der Waals surface area (Å²) in [5.41, 5.74) is 1.60. The Labute approximate surface area is 92.4 Å². The number of aromatic nitrogens is 3. The molecule has 0 spiro atoms. The number of carboxylic acids is 1. The van der Waals surface area contributed by atoms with Crippen molar-refractivity contribution in [3.05, 3.63) is 36.8 Å². The monoisotopic (exact) mass is 217 g/mol. The standard InChI is InChI=1S/C11H11N3O2/c1-8(11(15)16)14-7-9(6-13-14)10-4-2-3-5-12-10/h2-8H,1H3,(H,15,16)/t8-/m1/s1. The molecule has 0 fully saturated rings. The van der Waals surface area contributed by atoms with Crippen LogP contribution in [0.4, 0.5) is 0 Å². The Morgan fingerprint density at radius 1 is 1.50 bits per heavy atom. The van der Waals surface area contributed by atoms with Gasteiger partial charge in [-0.3, -0.25) is 9.67 Å². The van der Waals surface area contributed by atoms with E-state index in [9.17, 15) is 4.79 Å². The van der Waals surface area contributed by atoms with Gasteiger partial charge in [-0.1, -0.05) is 6.07 Å². The molecule has 2 heterocycles. The number of carboxylic acid groups (broad SMARTS) is 1. The second kappa shape index (κ2) is 4.14. The molecule has 1 N–H and O–H groups in total. The molecule has 2 aromatic heterocycles. The van der Waals surface area contributed by atoms with E-state index in [-0.39, 0.29) is 0 Å². The second-order valence-corrected chi connectivity index (χ2v) is 3.44. The van der Waals surface area contributed by atoms with Crippen molar-refractivity contribution in [3.63, 3.8) is 0 Å². The van der Waals surface area contributed by atoms with Crippen LogP contribution in [0, 0.1) is 0 Å². The molecule has 0 aliphatic rings. The van der Waals surface area contributed by atoms with Gasteiger partial charge in [0.1, 0.15) is 6.04 Å². The Kier molecular flexibility index (Phi) is 2.68. The van der Waals surface area contributed by atoms with Gasteiger partial charge in [0, 0.05) is 18.0 Å². The van der Waals surface area contributed by atoms with Crippen molar-refractivity contribution in [1.82, 2.24) is 14.8 Å². The van der Waals surface area contributed by atoms with Crippen molar-refractivity contribution < 1.29 is 9.90 Å². The Hall–Kier alpha value is -2.17. The first-order valence-electron chi connectivity index (χ1n) is 4.87. The van der Waals surface area contributed by atoms with Crippen LogP contribution >= 0.6 is 0 Å². The number of rotatable bonds is 3. The lowest BCUT2D eigenvalue weighted by Gasteiger charge is -2.04. The normalized spacial score (nSPS) is 12.3. The summed E-state index contributed by atoms with van der Waals surface area (Å²) in [6.07, 6.45) is 4.98. The Morgan fingerprint density at radius 3 is 2.94 bits per heavy atom. The van der Waals surface area contributed by atoms with Crippen LogP contribution in [0.1, 0.15) is 13.0 Å². The van der Waals surface area contributed by atoms with Crippen LogP contribution in [0.3, 0.4) is 0 Å². The van der Waals surface area contributed by atoms with Crippen molar-refractivity contribution in [2.75, 3.05) is 0 Å². The van der Waals surface area contributed by atoms with Crippen LogP contribution < -0.4 is 0 Å². The van der Waals surface area contributed by atoms with E-state index in [1.807, 2.05) is 18.2 Å². The van der Waals surface area contributed by atoms with Gasteiger partial charge in [-0.25, -0.2) is 4.79 Å². The fourth-order valence-corrected chi connectivity index (χ4v) is 1.33. The fraction of sp³-hybridized carbons (Fsp3) is 0.182. The molecule has 0 unspecified atom stereocenters. The minimum absolute atomic E-state index is 0.669. The van der Waals surface area contributed by atoms with E-state index < -0.39 is 12.0 Å². The molecule has 0 radical (unpaired) electrons. The summed E-state index contributed by atoms with van der Waals surface area (Å²) in [5, 5.41) is 12.8. The molecule has 5 heteroatoms. The Balaban J connectivity index is 2.30. The van der Waals surface area contributed by atoms with Crippen LogP contribution in [0.25, 0.3) is 11.3 Å². The molecule has 5 nitrogen and oxygen atoms in total. The maximum Gasteiger partial charge on any atom is 0.328 e. The fourth-order valence-electron chi connectivity index (χ4n) is 1.33. The molecule has 2 rings (SSSR count). The zero-order valence-corrected chi connectivity index (χ0v) is 8.74. The third-order valence-electron chi connectivity index (χ3n) is 2.32. The van der Waals surface area contributed by atoms with Gasteiger partial charge in [0.2, 0.25) is 0 Å². The third-order valence-corrected chi connectivity index (χ3v) is 2.32. The molecular weight excluding hydrogens is 206 g/mol. The van der Waals surface area contributed by atoms with Crippen LogP contribution in [0.15, 0.2) is 36.8 Å². The number of nitrogens with zero attached hydrogens (tertiary/aromatic N) is 3. The highest BCUT2D eigenvalue weighted by atomic mass is 16.4. The summed E-state index contributed by atoms with van der Waals surface area (Å²) >= 11 is 0. The maximum absolute atomic E-state index is 10.8. The zero-order chi connectivity index (χ0) is 11.5. The minimum atomic E-state index is -0.907. The van der Waals surface area contributed by atoms with E-state index in [0.29, 0.717) is 0 Å². The Bertz CT molecular complexity index is 493. The second-order valence-electron chi connectivity index (χ2n) is 3.44. The minimum Gasteiger partial charge on any atom is -0.480 e. The summed E-state index contributed by atoms with van der Waals surface area (Å²) in [6.45, 7) is 1.58. The molecule has 0 bridgehead atoms. The predicted molar refractivity (Wildman–Crippen MR) is 57.8 cm³/mol. The van der Waals surface area contributed by atoms with Crippen LogP contribution in [0.2, 0.25) is 0 Å². The molecule has 0 saturated heterocycles. The molecule has 16 heavy (non-hydrogen) atoms.